The van der Waals surface area contributed by atoms with Gasteiger partial charge in [-0.15, -0.1) is 16.4 Å². The number of aromatic nitrogens is 4. The van der Waals surface area contributed by atoms with Crippen LogP contribution in [0, 0.1) is 0 Å². The number of thiazole rings is 1. The number of amides is 1. The van der Waals surface area contributed by atoms with Crippen LogP contribution >= 0.6 is 27.3 Å². The number of rotatable bonds is 5. The number of likely N-dealkylation sites (tertiary alicyclic amines) is 1. The SMILES string of the molecule is O=C(Nc1nc(CN2CCCCC2)cs1)c1cn(-c2ccccc2Br)nn1. The van der Waals surface area contributed by atoms with E-state index in [-0.39, 0.29) is 11.6 Å². The van der Waals surface area contributed by atoms with Crippen LogP contribution in [0.25, 0.3) is 5.69 Å². The molecule has 0 atom stereocenters. The standard InChI is InChI=1S/C18H19BrN6OS/c19-14-6-2-3-7-16(14)25-11-15(22-23-25)17(26)21-18-20-13(12-27-18)10-24-8-4-1-5-9-24/h2-3,6-7,11-12H,1,4-5,8-10H2,(H,20,21,26). The van der Waals surface area contributed by atoms with Gasteiger partial charge < -0.3 is 0 Å². The summed E-state index contributed by atoms with van der Waals surface area (Å²) < 4.78 is 2.45. The lowest BCUT2D eigenvalue weighted by Gasteiger charge is -2.25. The van der Waals surface area contributed by atoms with Crippen LogP contribution in [-0.4, -0.2) is 43.9 Å². The largest absolute Gasteiger partial charge is 0.297 e. The highest BCUT2D eigenvalue weighted by Gasteiger charge is 2.16. The van der Waals surface area contributed by atoms with Crippen molar-refractivity contribution >= 4 is 38.3 Å². The molecule has 3 heterocycles. The summed E-state index contributed by atoms with van der Waals surface area (Å²) in [4.78, 5) is 19.4. The lowest BCUT2D eigenvalue weighted by Crippen LogP contribution is -2.29. The Kier molecular flexibility index (Phi) is 5.61. The second kappa shape index (κ2) is 8.28. The summed E-state index contributed by atoms with van der Waals surface area (Å²) in [6.07, 6.45) is 5.43. The maximum absolute atomic E-state index is 12.5. The van der Waals surface area contributed by atoms with Crippen molar-refractivity contribution in [2.24, 2.45) is 0 Å². The van der Waals surface area contributed by atoms with Crippen LogP contribution in [-0.2, 0) is 6.54 Å². The summed E-state index contributed by atoms with van der Waals surface area (Å²) in [6, 6.07) is 7.63. The molecule has 1 amide bonds. The van der Waals surface area contributed by atoms with Crippen molar-refractivity contribution < 1.29 is 4.79 Å². The van der Waals surface area contributed by atoms with Gasteiger partial charge in [-0.2, -0.15) is 0 Å². The molecule has 1 saturated heterocycles. The van der Waals surface area contributed by atoms with Gasteiger partial charge in [-0.25, -0.2) is 9.67 Å². The van der Waals surface area contributed by atoms with E-state index in [1.54, 1.807) is 10.9 Å². The second-order valence-corrected chi connectivity index (χ2v) is 8.15. The monoisotopic (exact) mass is 446 g/mol. The van der Waals surface area contributed by atoms with Gasteiger partial charge in [0.15, 0.2) is 10.8 Å². The molecule has 0 spiro atoms. The first-order valence-corrected chi connectivity index (χ1v) is 10.5. The van der Waals surface area contributed by atoms with E-state index in [0.717, 1.165) is 35.5 Å². The van der Waals surface area contributed by atoms with Crippen LogP contribution in [0.1, 0.15) is 35.4 Å². The minimum atomic E-state index is -0.313. The van der Waals surface area contributed by atoms with Gasteiger partial charge in [-0.05, 0) is 54.0 Å². The number of carbonyl (C=O) groups is 1. The number of nitrogens with zero attached hydrogens (tertiary/aromatic N) is 5. The molecule has 0 aliphatic carbocycles. The molecule has 1 fully saturated rings. The normalized spacial score (nSPS) is 15.0. The summed E-state index contributed by atoms with van der Waals surface area (Å²) in [7, 11) is 0. The van der Waals surface area contributed by atoms with Crippen molar-refractivity contribution in [3.63, 3.8) is 0 Å². The quantitative estimate of drug-likeness (QED) is 0.645. The fourth-order valence-electron chi connectivity index (χ4n) is 3.07. The lowest BCUT2D eigenvalue weighted by atomic mass is 10.1. The number of hydrogen-bond donors (Lipinski definition) is 1. The van der Waals surface area contributed by atoms with Crippen LogP contribution in [0.4, 0.5) is 5.13 Å². The maximum atomic E-state index is 12.5. The molecule has 27 heavy (non-hydrogen) atoms. The smallest absolute Gasteiger partial charge is 0.279 e. The van der Waals surface area contributed by atoms with Gasteiger partial charge in [-0.3, -0.25) is 15.0 Å². The number of piperidine rings is 1. The Bertz CT molecular complexity index is 933. The van der Waals surface area contributed by atoms with Crippen LogP contribution in [0.15, 0.2) is 40.3 Å². The van der Waals surface area contributed by atoms with E-state index in [0.29, 0.717) is 5.13 Å². The molecule has 1 aromatic carbocycles. The molecule has 2 aromatic heterocycles. The first kappa shape index (κ1) is 18.3. The van der Waals surface area contributed by atoms with Gasteiger partial charge in [-0.1, -0.05) is 23.8 Å². The second-order valence-electron chi connectivity index (χ2n) is 6.43. The van der Waals surface area contributed by atoms with E-state index in [1.165, 1.54) is 30.6 Å². The highest BCUT2D eigenvalue weighted by atomic mass is 79.9. The summed E-state index contributed by atoms with van der Waals surface area (Å²) in [5.41, 5.74) is 2.06. The van der Waals surface area contributed by atoms with Gasteiger partial charge >= 0.3 is 0 Å². The molecule has 9 heteroatoms. The number of anilines is 1. The Morgan fingerprint density at radius 2 is 2.04 bits per heavy atom. The topological polar surface area (TPSA) is 75.9 Å². The van der Waals surface area contributed by atoms with E-state index in [4.69, 9.17) is 0 Å². The molecule has 0 unspecified atom stereocenters. The molecule has 7 nitrogen and oxygen atoms in total. The first-order chi connectivity index (χ1) is 13.2. The van der Waals surface area contributed by atoms with Gasteiger partial charge in [0.25, 0.3) is 5.91 Å². The van der Waals surface area contributed by atoms with Crippen molar-refractivity contribution in [3.05, 3.63) is 51.7 Å². The lowest BCUT2D eigenvalue weighted by molar-refractivity contribution is 0.102. The third-order valence-electron chi connectivity index (χ3n) is 4.43. The summed E-state index contributed by atoms with van der Waals surface area (Å²) in [5.74, 6) is -0.313. The molecule has 0 saturated carbocycles. The highest BCUT2D eigenvalue weighted by Crippen LogP contribution is 2.21. The molecule has 1 aliphatic rings. The minimum Gasteiger partial charge on any atom is -0.297 e. The van der Waals surface area contributed by atoms with Crippen LogP contribution in [0.3, 0.4) is 0 Å². The Labute approximate surface area is 169 Å². The number of nitrogens with one attached hydrogen (secondary N) is 1. The maximum Gasteiger partial charge on any atom is 0.279 e. The zero-order valence-corrected chi connectivity index (χ0v) is 17.0. The minimum absolute atomic E-state index is 0.249. The van der Waals surface area contributed by atoms with E-state index < -0.39 is 0 Å². The molecule has 0 bridgehead atoms. The average Bonchev–Trinajstić information content (AvgIpc) is 3.33. The van der Waals surface area contributed by atoms with Crippen molar-refractivity contribution in [1.29, 1.82) is 0 Å². The first-order valence-electron chi connectivity index (χ1n) is 8.84. The van der Waals surface area contributed by atoms with Crippen LogP contribution < -0.4 is 5.32 Å². The fourth-order valence-corrected chi connectivity index (χ4v) is 4.23. The number of carbonyl (C=O) groups excluding carboxylic acids is 1. The van der Waals surface area contributed by atoms with Gasteiger partial charge in [0.05, 0.1) is 17.6 Å². The zero-order chi connectivity index (χ0) is 18.6. The van der Waals surface area contributed by atoms with Crippen LogP contribution in [0.2, 0.25) is 0 Å². The number of halogens is 1. The number of para-hydroxylation sites is 1. The Hall–Kier alpha value is -2.10. The van der Waals surface area contributed by atoms with Crippen molar-refractivity contribution in [2.75, 3.05) is 18.4 Å². The fraction of sp³-hybridized carbons (Fsp3) is 0.333. The molecular formula is C18H19BrN6OS. The Morgan fingerprint density at radius 3 is 2.85 bits per heavy atom. The molecule has 3 aromatic rings. The summed E-state index contributed by atoms with van der Waals surface area (Å²) in [5, 5.41) is 13.4. The number of hydrogen-bond acceptors (Lipinski definition) is 6. The van der Waals surface area contributed by atoms with Gasteiger partial charge in [0.2, 0.25) is 0 Å². The molecule has 0 radical (unpaired) electrons. The number of benzene rings is 1. The Balaban J connectivity index is 1.40. The molecule has 1 N–H and O–H groups in total. The van der Waals surface area contributed by atoms with E-state index in [1.807, 2.05) is 29.6 Å². The highest BCUT2D eigenvalue weighted by molar-refractivity contribution is 9.10. The van der Waals surface area contributed by atoms with E-state index >= 15 is 0 Å². The predicted molar refractivity (Wildman–Crippen MR) is 108 cm³/mol. The third-order valence-corrected chi connectivity index (χ3v) is 5.91. The summed E-state index contributed by atoms with van der Waals surface area (Å²) >= 11 is 4.91. The predicted octanol–water partition coefficient (Wildman–Crippen LogP) is 3.72. The molecular weight excluding hydrogens is 428 g/mol. The van der Waals surface area contributed by atoms with Crippen molar-refractivity contribution in [1.82, 2.24) is 24.9 Å². The average molecular weight is 447 g/mol. The molecule has 1 aliphatic heterocycles. The van der Waals surface area contributed by atoms with Crippen LogP contribution in [0.5, 0.6) is 0 Å². The van der Waals surface area contributed by atoms with Crippen molar-refractivity contribution in [2.45, 2.75) is 25.8 Å². The zero-order valence-electron chi connectivity index (χ0n) is 14.6. The molecule has 140 valence electrons. The van der Waals surface area contributed by atoms with Gasteiger partial charge in [0, 0.05) is 16.4 Å². The third kappa shape index (κ3) is 4.42. The molecule has 4 rings (SSSR count). The summed E-state index contributed by atoms with van der Waals surface area (Å²) in [6.45, 7) is 3.08. The van der Waals surface area contributed by atoms with Gasteiger partial charge in [0.1, 0.15) is 0 Å². The Morgan fingerprint density at radius 1 is 1.22 bits per heavy atom. The van der Waals surface area contributed by atoms with E-state index in [2.05, 4.69) is 41.4 Å². The van der Waals surface area contributed by atoms with Crippen molar-refractivity contribution in [3.8, 4) is 5.69 Å². The van der Waals surface area contributed by atoms with E-state index in [9.17, 15) is 4.79 Å².